The smallest absolute Gasteiger partial charge is 0.399 e. The number of nitrogens with two attached hydrogens (primary N) is 1. The highest BCUT2D eigenvalue weighted by Gasteiger charge is 2.57. The van der Waals surface area contributed by atoms with E-state index in [2.05, 4.69) is 0 Å². The van der Waals surface area contributed by atoms with Gasteiger partial charge in [0.05, 0.1) is 5.41 Å². The summed E-state index contributed by atoms with van der Waals surface area (Å²) < 4.78 is 42.0. The van der Waals surface area contributed by atoms with Crippen molar-refractivity contribution in [3.63, 3.8) is 0 Å². The van der Waals surface area contributed by atoms with Crippen LogP contribution in [0.2, 0.25) is 0 Å². The summed E-state index contributed by atoms with van der Waals surface area (Å²) >= 11 is 0. The number of nitrogen functional groups attached to an aromatic ring is 1. The quantitative estimate of drug-likeness (QED) is 0.716. The first kappa shape index (κ1) is 16.6. The van der Waals surface area contributed by atoms with E-state index in [9.17, 15) is 13.2 Å². The Labute approximate surface area is 140 Å². The predicted octanol–water partition coefficient (Wildman–Crippen LogP) is 5.56. The molecule has 2 aromatic rings. The van der Waals surface area contributed by atoms with Crippen LogP contribution in [0.25, 0.3) is 5.57 Å². The third kappa shape index (κ3) is 2.70. The highest BCUT2D eigenvalue weighted by molar-refractivity contribution is 5.72. The Morgan fingerprint density at radius 1 is 1.04 bits per heavy atom. The Hall–Kier alpha value is -2.23. The minimum atomic E-state index is -4.30. The molecule has 1 unspecified atom stereocenters. The van der Waals surface area contributed by atoms with Crippen LogP contribution in [0.5, 0.6) is 0 Å². The summed E-state index contributed by atoms with van der Waals surface area (Å²) in [7, 11) is 0. The van der Waals surface area contributed by atoms with E-state index in [-0.39, 0.29) is 12.8 Å². The van der Waals surface area contributed by atoms with Crippen LogP contribution in [0.3, 0.4) is 0 Å². The second kappa shape index (κ2) is 5.69. The van der Waals surface area contributed by atoms with E-state index in [1.54, 1.807) is 36.4 Å². The third-order valence-electron chi connectivity index (χ3n) is 4.94. The number of rotatable bonds is 2. The van der Waals surface area contributed by atoms with Gasteiger partial charge in [0.15, 0.2) is 0 Å². The van der Waals surface area contributed by atoms with Crippen molar-refractivity contribution in [2.24, 2.45) is 0 Å². The van der Waals surface area contributed by atoms with Crippen LogP contribution in [0, 0.1) is 13.8 Å². The predicted molar refractivity (Wildman–Crippen MR) is 91.7 cm³/mol. The summed E-state index contributed by atoms with van der Waals surface area (Å²) in [5.74, 6) is 0. The summed E-state index contributed by atoms with van der Waals surface area (Å²) in [5.41, 5.74) is 8.24. The van der Waals surface area contributed by atoms with E-state index < -0.39 is 11.6 Å². The van der Waals surface area contributed by atoms with Crippen molar-refractivity contribution in [1.29, 1.82) is 0 Å². The van der Waals surface area contributed by atoms with Gasteiger partial charge in [-0.05, 0) is 61.1 Å². The molecule has 0 spiro atoms. The van der Waals surface area contributed by atoms with Crippen LogP contribution >= 0.6 is 0 Å². The number of anilines is 1. The fourth-order valence-electron chi connectivity index (χ4n) is 3.40. The van der Waals surface area contributed by atoms with Gasteiger partial charge in [-0.1, -0.05) is 42.0 Å². The lowest BCUT2D eigenvalue weighted by atomic mass is 9.76. The number of allylic oxidation sites excluding steroid dienone is 2. The second-order valence-corrected chi connectivity index (χ2v) is 6.63. The molecule has 126 valence electrons. The van der Waals surface area contributed by atoms with Gasteiger partial charge >= 0.3 is 6.18 Å². The normalized spacial score (nSPS) is 21.0. The van der Waals surface area contributed by atoms with Gasteiger partial charge in [-0.3, -0.25) is 0 Å². The molecule has 2 N–H and O–H groups in total. The lowest BCUT2D eigenvalue weighted by Gasteiger charge is -2.33. The van der Waals surface area contributed by atoms with Gasteiger partial charge in [-0.2, -0.15) is 13.2 Å². The van der Waals surface area contributed by atoms with Gasteiger partial charge in [0.1, 0.15) is 0 Å². The maximum atomic E-state index is 14.0. The first-order valence-corrected chi connectivity index (χ1v) is 7.92. The van der Waals surface area contributed by atoms with Crippen LogP contribution in [0.4, 0.5) is 18.9 Å². The SMILES string of the molecule is Cc1cccc(C2(C(F)(F)F)CC=C(c3ccc(N)c(C)c3)C2)c1. The van der Waals surface area contributed by atoms with Crippen molar-refractivity contribution in [2.45, 2.75) is 38.3 Å². The molecule has 2 aromatic carbocycles. The van der Waals surface area contributed by atoms with Crippen molar-refractivity contribution in [3.05, 3.63) is 70.8 Å². The lowest BCUT2D eigenvalue weighted by Crippen LogP contribution is -2.40. The number of aryl methyl sites for hydroxylation is 2. The first-order valence-electron chi connectivity index (χ1n) is 7.92. The van der Waals surface area contributed by atoms with Crippen LogP contribution < -0.4 is 5.73 Å². The Morgan fingerprint density at radius 2 is 1.79 bits per heavy atom. The second-order valence-electron chi connectivity index (χ2n) is 6.63. The molecule has 0 saturated carbocycles. The molecule has 0 saturated heterocycles. The Balaban J connectivity index is 2.02. The summed E-state index contributed by atoms with van der Waals surface area (Å²) in [6, 6.07) is 12.2. The molecule has 3 rings (SSSR count). The van der Waals surface area contributed by atoms with E-state index >= 15 is 0 Å². The molecule has 0 amide bonds. The zero-order chi connectivity index (χ0) is 17.5. The molecule has 0 radical (unpaired) electrons. The minimum Gasteiger partial charge on any atom is -0.399 e. The largest absolute Gasteiger partial charge is 0.399 e. The topological polar surface area (TPSA) is 26.0 Å². The molecular weight excluding hydrogens is 311 g/mol. The summed E-state index contributed by atoms with van der Waals surface area (Å²) in [6.45, 7) is 3.69. The van der Waals surface area contributed by atoms with Gasteiger partial charge < -0.3 is 5.73 Å². The molecule has 0 aliphatic heterocycles. The molecule has 0 fully saturated rings. The van der Waals surface area contributed by atoms with E-state index in [1.807, 2.05) is 26.0 Å². The van der Waals surface area contributed by atoms with E-state index in [0.717, 1.165) is 22.3 Å². The molecule has 1 nitrogen and oxygen atoms in total. The van der Waals surface area contributed by atoms with Crippen molar-refractivity contribution in [2.75, 3.05) is 5.73 Å². The standard InChI is InChI=1S/C20H20F3N/c1-13-4-3-5-17(10-13)19(20(21,22)23)9-8-16(12-19)15-6-7-18(24)14(2)11-15/h3-8,10-11H,9,12,24H2,1-2H3. The number of hydrogen-bond donors (Lipinski definition) is 1. The molecule has 0 aromatic heterocycles. The number of alkyl halides is 3. The molecule has 1 aliphatic carbocycles. The number of hydrogen-bond acceptors (Lipinski definition) is 1. The summed E-state index contributed by atoms with van der Waals surface area (Å²) in [5, 5.41) is 0. The average molecular weight is 331 g/mol. The van der Waals surface area contributed by atoms with E-state index in [1.165, 1.54) is 0 Å². The maximum Gasteiger partial charge on any atom is 0.399 e. The monoisotopic (exact) mass is 331 g/mol. The van der Waals surface area contributed by atoms with Crippen LogP contribution in [0.1, 0.15) is 35.1 Å². The van der Waals surface area contributed by atoms with Gasteiger partial charge in [-0.15, -0.1) is 0 Å². The Morgan fingerprint density at radius 3 is 2.42 bits per heavy atom. The highest BCUT2D eigenvalue weighted by atomic mass is 19.4. The fraction of sp³-hybridized carbons (Fsp3) is 0.300. The molecule has 24 heavy (non-hydrogen) atoms. The molecular formula is C20H20F3N. The highest BCUT2D eigenvalue weighted by Crippen LogP contribution is 2.53. The molecule has 0 bridgehead atoms. The van der Waals surface area contributed by atoms with Crippen molar-refractivity contribution < 1.29 is 13.2 Å². The number of halogens is 3. The Bertz CT molecular complexity index is 805. The fourth-order valence-corrected chi connectivity index (χ4v) is 3.40. The maximum absolute atomic E-state index is 14.0. The van der Waals surface area contributed by atoms with Gasteiger partial charge in [0.2, 0.25) is 0 Å². The molecule has 0 heterocycles. The van der Waals surface area contributed by atoms with Crippen molar-refractivity contribution in [1.82, 2.24) is 0 Å². The molecule has 1 aliphatic rings. The van der Waals surface area contributed by atoms with Crippen LogP contribution in [0.15, 0.2) is 48.5 Å². The Kier molecular flexibility index (Phi) is 3.94. The molecule has 4 heteroatoms. The summed E-state index contributed by atoms with van der Waals surface area (Å²) in [6.07, 6.45) is -2.65. The number of benzene rings is 2. The lowest BCUT2D eigenvalue weighted by molar-refractivity contribution is -0.187. The van der Waals surface area contributed by atoms with Gasteiger partial charge in [0.25, 0.3) is 0 Å². The first-order chi connectivity index (χ1) is 11.2. The van der Waals surface area contributed by atoms with Crippen molar-refractivity contribution >= 4 is 11.3 Å². The van der Waals surface area contributed by atoms with E-state index in [4.69, 9.17) is 5.73 Å². The zero-order valence-corrected chi connectivity index (χ0v) is 13.7. The molecule has 1 atom stereocenters. The van der Waals surface area contributed by atoms with Crippen molar-refractivity contribution in [3.8, 4) is 0 Å². The van der Waals surface area contributed by atoms with Crippen LogP contribution in [-0.2, 0) is 5.41 Å². The average Bonchev–Trinajstić information content (AvgIpc) is 2.96. The summed E-state index contributed by atoms with van der Waals surface area (Å²) in [4.78, 5) is 0. The van der Waals surface area contributed by atoms with E-state index in [0.29, 0.717) is 11.3 Å². The third-order valence-corrected chi connectivity index (χ3v) is 4.94. The van der Waals surface area contributed by atoms with Gasteiger partial charge in [-0.25, -0.2) is 0 Å². The minimum absolute atomic E-state index is 0.0291. The van der Waals surface area contributed by atoms with Gasteiger partial charge in [0, 0.05) is 5.69 Å². The zero-order valence-electron chi connectivity index (χ0n) is 13.7. The van der Waals surface area contributed by atoms with Crippen LogP contribution in [-0.4, -0.2) is 6.18 Å².